The van der Waals surface area contributed by atoms with Gasteiger partial charge in [0.1, 0.15) is 5.76 Å². The van der Waals surface area contributed by atoms with Gasteiger partial charge in [0.15, 0.2) is 6.61 Å². The standard InChI is InChI=1S/C20H12Cl2F3NO4/c21-13-5-2-6-14(22)18(13)26-17(27)10-29-19(28)16-8-7-15(30-16)11-3-1-4-12(9-11)20(23,24)25/h1-9H,10H2,(H,26,27). The van der Waals surface area contributed by atoms with Crippen LogP contribution in [-0.4, -0.2) is 18.5 Å². The van der Waals surface area contributed by atoms with Crippen molar-refractivity contribution in [3.63, 3.8) is 0 Å². The van der Waals surface area contributed by atoms with Gasteiger partial charge >= 0.3 is 12.1 Å². The normalized spacial score (nSPS) is 11.2. The van der Waals surface area contributed by atoms with Gasteiger partial charge in [-0.25, -0.2) is 4.79 Å². The summed E-state index contributed by atoms with van der Waals surface area (Å²) in [5.74, 6) is -1.89. The lowest BCUT2D eigenvalue weighted by Gasteiger charge is -2.09. The van der Waals surface area contributed by atoms with Crippen LogP contribution in [0.4, 0.5) is 18.9 Å². The molecular formula is C20H12Cl2F3NO4. The molecule has 0 unspecified atom stereocenters. The van der Waals surface area contributed by atoms with E-state index in [1.807, 2.05) is 0 Å². The van der Waals surface area contributed by atoms with Crippen molar-refractivity contribution in [1.82, 2.24) is 0 Å². The van der Waals surface area contributed by atoms with E-state index in [9.17, 15) is 22.8 Å². The van der Waals surface area contributed by atoms with Crippen LogP contribution in [0.15, 0.2) is 59.0 Å². The molecule has 3 rings (SSSR count). The Balaban J connectivity index is 1.64. The lowest BCUT2D eigenvalue weighted by atomic mass is 10.1. The Morgan fingerprint density at radius 3 is 2.33 bits per heavy atom. The maximum absolute atomic E-state index is 12.8. The summed E-state index contributed by atoms with van der Waals surface area (Å²) < 4.78 is 48.7. The molecule has 0 atom stereocenters. The van der Waals surface area contributed by atoms with E-state index in [0.29, 0.717) is 0 Å². The molecule has 2 aromatic carbocycles. The minimum absolute atomic E-state index is 0.0420. The van der Waals surface area contributed by atoms with E-state index in [1.165, 1.54) is 36.4 Å². The molecule has 156 valence electrons. The summed E-state index contributed by atoms with van der Waals surface area (Å²) >= 11 is 11.9. The first-order chi connectivity index (χ1) is 14.1. The number of rotatable bonds is 5. The Kier molecular flexibility index (Phi) is 6.38. The number of nitrogens with one attached hydrogen (secondary N) is 1. The number of hydrogen-bond acceptors (Lipinski definition) is 4. The number of alkyl halides is 3. The van der Waals surface area contributed by atoms with Crippen molar-refractivity contribution in [2.45, 2.75) is 6.18 Å². The van der Waals surface area contributed by atoms with Crippen LogP contribution < -0.4 is 5.32 Å². The molecule has 0 aliphatic carbocycles. The third-order valence-electron chi connectivity index (χ3n) is 3.84. The van der Waals surface area contributed by atoms with Crippen LogP contribution in [0, 0.1) is 0 Å². The van der Waals surface area contributed by atoms with Crippen LogP contribution >= 0.6 is 23.2 Å². The Hall–Kier alpha value is -2.97. The molecule has 0 aliphatic heterocycles. The minimum Gasteiger partial charge on any atom is -0.450 e. The van der Waals surface area contributed by atoms with Crippen LogP contribution in [0.5, 0.6) is 0 Å². The van der Waals surface area contributed by atoms with Crippen molar-refractivity contribution in [3.8, 4) is 11.3 Å². The van der Waals surface area contributed by atoms with E-state index in [2.05, 4.69) is 5.32 Å². The molecule has 30 heavy (non-hydrogen) atoms. The summed E-state index contributed by atoms with van der Waals surface area (Å²) in [6.45, 7) is -0.653. The van der Waals surface area contributed by atoms with Crippen LogP contribution in [0.3, 0.4) is 0 Å². The summed E-state index contributed by atoms with van der Waals surface area (Å²) in [6.07, 6.45) is -4.51. The van der Waals surface area contributed by atoms with Gasteiger partial charge in [-0.1, -0.05) is 41.4 Å². The highest BCUT2D eigenvalue weighted by atomic mass is 35.5. The van der Waals surface area contributed by atoms with Crippen LogP contribution in [0.1, 0.15) is 16.1 Å². The Labute approximate surface area is 178 Å². The molecule has 0 aliphatic rings. The van der Waals surface area contributed by atoms with Crippen molar-refractivity contribution < 1.29 is 31.9 Å². The lowest BCUT2D eigenvalue weighted by Crippen LogP contribution is -2.21. The van der Waals surface area contributed by atoms with Crippen LogP contribution in [-0.2, 0) is 15.7 Å². The van der Waals surface area contributed by atoms with Gasteiger partial charge in [0.05, 0.1) is 21.3 Å². The van der Waals surface area contributed by atoms with E-state index in [0.717, 1.165) is 12.1 Å². The largest absolute Gasteiger partial charge is 0.450 e. The Morgan fingerprint density at radius 2 is 1.67 bits per heavy atom. The molecule has 1 N–H and O–H groups in total. The molecule has 1 heterocycles. The molecule has 5 nitrogen and oxygen atoms in total. The number of benzene rings is 2. The fraction of sp³-hybridized carbons (Fsp3) is 0.100. The molecule has 0 fully saturated rings. The quantitative estimate of drug-likeness (QED) is 0.472. The maximum Gasteiger partial charge on any atom is 0.416 e. The molecule has 1 aromatic heterocycles. The van der Waals surface area contributed by atoms with Gasteiger partial charge in [0.25, 0.3) is 5.91 Å². The van der Waals surface area contributed by atoms with Gasteiger partial charge in [-0.3, -0.25) is 4.79 Å². The van der Waals surface area contributed by atoms with Crippen LogP contribution in [0.2, 0.25) is 10.0 Å². The highest BCUT2D eigenvalue weighted by Crippen LogP contribution is 2.33. The first kappa shape index (κ1) is 21.7. The molecule has 3 aromatic rings. The number of halogens is 5. The number of esters is 1. The van der Waals surface area contributed by atoms with E-state index >= 15 is 0 Å². The third kappa shape index (κ3) is 5.14. The summed E-state index contributed by atoms with van der Waals surface area (Å²) in [6, 6.07) is 11.7. The number of hydrogen-bond donors (Lipinski definition) is 1. The average molecular weight is 458 g/mol. The second kappa shape index (κ2) is 8.81. The second-order valence-electron chi connectivity index (χ2n) is 5.96. The lowest BCUT2D eigenvalue weighted by molar-refractivity contribution is -0.137. The van der Waals surface area contributed by atoms with Gasteiger partial charge in [-0.05, 0) is 36.4 Å². The maximum atomic E-state index is 12.8. The molecule has 1 amide bonds. The van der Waals surface area contributed by atoms with Gasteiger partial charge in [0, 0.05) is 5.56 Å². The zero-order chi connectivity index (χ0) is 21.9. The molecular weight excluding hydrogens is 446 g/mol. The summed E-state index contributed by atoms with van der Waals surface area (Å²) in [4.78, 5) is 24.0. The molecule has 0 spiro atoms. The molecule has 0 saturated carbocycles. The first-order valence-corrected chi connectivity index (χ1v) is 9.09. The number of anilines is 1. The van der Waals surface area contributed by atoms with Gasteiger partial charge in [0.2, 0.25) is 5.76 Å². The highest BCUT2D eigenvalue weighted by molar-refractivity contribution is 6.39. The smallest absolute Gasteiger partial charge is 0.416 e. The fourth-order valence-electron chi connectivity index (χ4n) is 2.45. The zero-order valence-corrected chi connectivity index (χ0v) is 16.4. The van der Waals surface area contributed by atoms with E-state index in [-0.39, 0.29) is 32.8 Å². The molecule has 0 saturated heterocycles. The number of para-hydroxylation sites is 1. The summed E-state index contributed by atoms with van der Waals surface area (Å²) in [5.41, 5.74) is -0.544. The monoisotopic (exact) mass is 457 g/mol. The summed E-state index contributed by atoms with van der Waals surface area (Å²) in [7, 11) is 0. The number of amides is 1. The fourth-order valence-corrected chi connectivity index (χ4v) is 2.94. The Morgan fingerprint density at radius 1 is 1.00 bits per heavy atom. The third-order valence-corrected chi connectivity index (χ3v) is 4.47. The Bertz CT molecular complexity index is 1080. The van der Waals surface area contributed by atoms with Crippen molar-refractivity contribution in [2.24, 2.45) is 0 Å². The van der Waals surface area contributed by atoms with Crippen molar-refractivity contribution >= 4 is 40.8 Å². The van der Waals surface area contributed by atoms with Gasteiger partial charge in [-0.15, -0.1) is 0 Å². The number of ether oxygens (including phenoxy) is 1. The second-order valence-corrected chi connectivity index (χ2v) is 6.78. The SMILES string of the molecule is O=C(COC(=O)c1ccc(-c2cccc(C(F)(F)F)c2)o1)Nc1c(Cl)cccc1Cl. The predicted octanol–water partition coefficient (Wildman–Crippen LogP) is 6.07. The van der Waals surface area contributed by atoms with Crippen LogP contribution in [0.25, 0.3) is 11.3 Å². The van der Waals surface area contributed by atoms with E-state index < -0.39 is 30.2 Å². The first-order valence-electron chi connectivity index (χ1n) is 8.33. The van der Waals surface area contributed by atoms with Gasteiger partial charge in [-0.2, -0.15) is 13.2 Å². The average Bonchev–Trinajstić information content (AvgIpc) is 3.19. The van der Waals surface area contributed by atoms with E-state index in [1.54, 1.807) is 6.07 Å². The highest BCUT2D eigenvalue weighted by Gasteiger charge is 2.30. The van der Waals surface area contributed by atoms with Gasteiger partial charge < -0.3 is 14.5 Å². The van der Waals surface area contributed by atoms with Crippen molar-refractivity contribution in [1.29, 1.82) is 0 Å². The number of carbonyl (C=O) groups excluding carboxylic acids is 2. The predicted molar refractivity (Wildman–Crippen MR) is 105 cm³/mol. The molecule has 0 radical (unpaired) electrons. The topological polar surface area (TPSA) is 68.5 Å². The van der Waals surface area contributed by atoms with Crippen molar-refractivity contribution in [3.05, 3.63) is 76.0 Å². The minimum atomic E-state index is -4.51. The zero-order valence-electron chi connectivity index (χ0n) is 14.9. The van der Waals surface area contributed by atoms with E-state index in [4.69, 9.17) is 32.4 Å². The molecule has 10 heteroatoms. The summed E-state index contributed by atoms with van der Waals surface area (Å²) in [5, 5.41) is 2.83. The number of carbonyl (C=O) groups is 2. The van der Waals surface area contributed by atoms with Crippen molar-refractivity contribution in [2.75, 3.05) is 11.9 Å². The number of furan rings is 1. The molecule has 0 bridgehead atoms.